The van der Waals surface area contributed by atoms with Gasteiger partial charge in [-0.2, -0.15) is 0 Å². The van der Waals surface area contributed by atoms with Crippen molar-refractivity contribution in [2.75, 3.05) is 0 Å². The van der Waals surface area contributed by atoms with Gasteiger partial charge >= 0.3 is 5.97 Å². The molecular weight excluding hydrogens is 308 g/mol. The van der Waals surface area contributed by atoms with Gasteiger partial charge in [-0.05, 0) is 33.1 Å². The van der Waals surface area contributed by atoms with Crippen LogP contribution in [0.5, 0.6) is 0 Å². The monoisotopic (exact) mass is 342 g/mol. The molecule has 0 saturated heterocycles. The van der Waals surface area contributed by atoms with Gasteiger partial charge in [-0.15, -0.1) is 6.58 Å². The summed E-state index contributed by atoms with van der Waals surface area (Å²) in [5.41, 5.74) is -1.81. The Morgan fingerprint density at radius 2 is 1.62 bits per heavy atom. The number of rotatable bonds is 9. The highest BCUT2D eigenvalue weighted by Crippen LogP contribution is 2.31. The molecule has 140 valence electrons. The summed E-state index contributed by atoms with van der Waals surface area (Å²) >= 11 is 0. The zero-order chi connectivity index (χ0) is 19.3. The van der Waals surface area contributed by atoms with Crippen molar-refractivity contribution in [3.8, 4) is 0 Å². The lowest BCUT2D eigenvalue weighted by molar-refractivity contribution is -0.160. The van der Waals surface area contributed by atoms with Crippen LogP contribution < -0.4 is 0 Å². The van der Waals surface area contributed by atoms with E-state index in [1.54, 1.807) is 47.6 Å². The van der Waals surface area contributed by atoms with Gasteiger partial charge in [-0.1, -0.05) is 33.8 Å². The lowest BCUT2D eigenvalue weighted by Crippen LogP contribution is -2.45. The van der Waals surface area contributed by atoms with E-state index >= 15 is 0 Å². The summed E-state index contributed by atoms with van der Waals surface area (Å²) in [6.45, 7) is 15.5. The number of allylic oxidation sites excluding steroid dienone is 1. The number of carbonyl (C=O) groups excluding carboxylic acids is 2. The van der Waals surface area contributed by atoms with Crippen LogP contribution in [0.15, 0.2) is 12.7 Å². The van der Waals surface area contributed by atoms with E-state index in [-0.39, 0.29) is 18.1 Å². The van der Waals surface area contributed by atoms with Crippen LogP contribution in [0.2, 0.25) is 0 Å². The Morgan fingerprint density at radius 1 is 1.12 bits per heavy atom. The molecule has 0 fully saturated rings. The van der Waals surface area contributed by atoms with Crippen LogP contribution in [0.1, 0.15) is 61.3 Å². The molecule has 0 rings (SSSR count). The predicted octanol–water partition coefficient (Wildman–Crippen LogP) is 2.88. The Balaban J connectivity index is 4.98. The first-order chi connectivity index (χ1) is 10.7. The molecule has 24 heavy (non-hydrogen) atoms. The molecule has 0 amide bonds. The smallest absolute Gasteiger partial charge is 0.308 e. The van der Waals surface area contributed by atoms with Crippen LogP contribution in [0.25, 0.3) is 0 Å². The fourth-order valence-electron chi connectivity index (χ4n) is 2.60. The Hall–Kier alpha value is -1.20. The molecule has 0 unspecified atom stereocenters. The van der Waals surface area contributed by atoms with Crippen LogP contribution in [-0.4, -0.2) is 39.8 Å². The third-order valence-electron chi connectivity index (χ3n) is 4.30. The van der Waals surface area contributed by atoms with Crippen LogP contribution in [-0.2, 0) is 14.3 Å². The van der Waals surface area contributed by atoms with E-state index in [4.69, 9.17) is 4.74 Å². The standard InChI is InChI=1S/C19H34O5/c1-9-10-12(2)16(22)13(3)17(23)19(7,8)14(20)11-15(21)24-18(4,5)6/h9,12-14,16,20,22H,1,10-11H2,2-8H3/t12-,13-,14-,16+/m0/s1. The number of esters is 1. The van der Waals surface area contributed by atoms with Crippen molar-refractivity contribution >= 4 is 11.8 Å². The summed E-state index contributed by atoms with van der Waals surface area (Å²) in [4.78, 5) is 24.6. The highest BCUT2D eigenvalue weighted by Gasteiger charge is 2.42. The Labute approximate surface area is 146 Å². The van der Waals surface area contributed by atoms with E-state index in [2.05, 4.69) is 6.58 Å². The SMILES string of the molecule is C=CC[C@H](C)[C@@H](O)[C@H](C)C(=O)C(C)(C)[C@@H](O)CC(=O)OC(C)(C)C. The maximum atomic E-state index is 12.7. The molecular formula is C19H34O5. The summed E-state index contributed by atoms with van der Waals surface area (Å²) < 4.78 is 5.19. The topological polar surface area (TPSA) is 83.8 Å². The number of carbonyl (C=O) groups is 2. The highest BCUT2D eigenvalue weighted by atomic mass is 16.6. The van der Waals surface area contributed by atoms with E-state index in [0.717, 1.165) is 0 Å². The fraction of sp³-hybridized carbons (Fsp3) is 0.789. The van der Waals surface area contributed by atoms with Gasteiger partial charge in [-0.25, -0.2) is 0 Å². The van der Waals surface area contributed by atoms with Gasteiger partial charge in [0.25, 0.3) is 0 Å². The third kappa shape index (κ3) is 6.73. The molecule has 0 aliphatic rings. The lowest BCUT2D eigenvalue weighted by atomic mass is 9.73. The zero-order valence-corrected chi connectivity index (χ0v) is 16.1. The molecule has 0 heterocycles. The first-order valence-electron chi connectivity index (χ1n) is 8.47. The Kier molecular flexibility index (Phi) is 8.33. The molecule has 2 N–H and O–H groups in total. The fourth-order valence-corrected chi connectivity index (χ4v) is 2.60. The van der Waals surface area contributed by atoms with Crippen molar-refractivity contribution in [2.45, 2.75) is 79.1 Å². The largest absolute Gasteiger partial charge is 0.460 e. The molecule has 0 bridgehead atoms. The number of ketones is 1. The van der Waals surface area contributed by atoms with Crippen molar-refractivity contribution in [2.24, 2.45) is 17.3 Å². The number of ether oxygens (including phenoxy) is 1. The Morgan fingerprint density at radius 3 is 2.04 bits per heavy atom. The number of hydrogen-bond donors (Lipinski definition) is 2. The van der Waals surface area contributed by atoms with Gasteiger partial charge in [0.05, 0.1) is 24.0 Å². The molecule has 0 aliphatic carbocycles. The first-order valence-corrected chi connectivity index (χ1v) is 8.47. The molecule has 0 aromatic heterocycles. The second kappa shape index (κ2) is 8.77. The van der Waals surface area contributed by atoms with E-state index in [9.17, 15) is 19.8 Å². The Bertz CT molecular complexity index is 447. The highest BCUT2D eigenvalue weighted by molar-refractivity contribution is 5.87. The minimum Gasteiger partial charge on any atom is -0.460 e. The van der Waals surface area contributed by atoms with Crippen molar-refractivity contribution < 1.29 is 24.5 Å². The predicted molar refractivity (Wildman–Crippen MR) is 94.4 cm³/mol. The van der Waals surface area contributed by atoms with E-state index in [1.165, 1.54) is 0 Å². The summed E-state index contributed by atoms with van der Waals surface area (Å²) in [5.74, 6) is -1.59. The van der Waals surface area contributed by atoms with Crippen LogP contribution >= 0.6 is 0 Å². The summed E-state index contributed by atoms with van der Waals surface area (Å²) in [6, 6.07) is 0. The lowest BCUT2D eigenvalue weighted by Gasteiger charge is -2.34. The van der Waals surface area contributed by atoms with Crippen molar-refractivity contribution in [1.29, 1.82) is 0 Å². The number of Topliss-reactive ketones (excluding diaryl/α,β-unsaturated/α-hetero) is 1. The maximum Gasteiger partial charge on any atom is 0.308 e. The average molecular weight is 342 g/mol. The first kappa shape index (κ1) is 22.8. The van der Waals surface area contributed by atoms with Gasteiger partial charge in [0.1, 0.15) is 11.4 Å². The third-order valence-corrected chi connectivity index (χ3v) is 4.30. The minimum atomic E-state index is -1.18. The maximum absolute atomic E-state index is 12.7. The van der Waals surface area contributed by atoms with Crippen LogP contribution in [0, 0.1) is 17.3 Å². The van der Waals surface area contributed by atoms with Gasteiger partial charge in [0, 0.05) is 5.92 Å². The number of hydrogen-bond acceptors (Lipinski definition) is 5. The van der Waals surface area contributed by atoms with Crippen molar-refractivity contribution in [3.05, 3.63) is 12.7 Å². The van der Waals surface area contributed by atoms with Gasteiger partial charge in [0.2, 0.25) is 0 Å². The number of aliphatic hydroxyl groups is 2. The summed E-state index contributed by atoms with van der Waals surface area (Å²) in [7, 11) is 0. The van der Waals surface area contributed by atoms with E-state index in [0.29, 0.717) is 6.42 Å². The quantitative estimate of drug-likeness (QED) is 0.497. The molecule has 5 nitrogen and oxygen atoms in total. The second-order valence-electron chi connectivity index (χ2n) is 8.17. The molecule has 0 spiro atoms. The summed E-state index contributed by atoms with van der Waals surface area (Å²) in [5, 5.41) is 20.7. The van der Waals surface area contributed by atoms with Crippen molar-refractivity contribution in [1.82, 2.24) is 0 Å². The molecule has 4 atom stereocenters. The summed E-state index contributed by atoms with van der Waals surface area (Å²) in [6.07, 6.45) is 0.0293. The molecule has 0 saturated carbocycles. The van der Waals surface area contributed by atoms with Gasteiger partial charge in [0.15, 0.2) is 0 Å². The van der Waals surface area contributed by atoms with Crippen LogP contribution in [0.4, 0.5) is 0 Å². The molecule has 0 aromatic carbocycles. The van der Waals surface area contributed by atoms with Gasteiger partial charge in [-0.3, -0.25) is 9.59 Å². The molecule has 0 aromatic rings. The van der Waals surface area contributed by atoms with Gasteiger partial charge < -0.3 is 14.9 Å². The van der Waals surface area contributed by atoms with E-state index in [1.807, 2.05) is 6.92 Å². The molecule has 0 radical (unpaired) electrons. The molecule has 0 aliphatic heterocycles. The number of aliphatic hydroxyl groups excluding tert-OH is 2. The second-order valence-corrected chi connectivity index (χ2v) is 8.17. The average Bonchev–Trinajstić information content (AvgIpc) is 2.42. The molecule has 5 heteroatoms. The van der Waals surface area contributed by atoms with Crippen molar-refractivity contribution in [3.63, 3.8) is 0 Å². The van der Waals surface area contributed by atoms with Crippen LogP contribution in [0.3, 0.4) is 0 Å². The zero-order valence-electron chi connectivity index (χ0n) is 16.1. The van der Waals surface area contributed by atoms with E-state index < -0.39 is 35.1 Å². The minimum absolute atomic E-state index is 0.111. The normalized spacial score (nSPS) is 17.5.